The number of rotatable bonds is 2. The number of nitrogens with zero attached hydrogens (tertiary/aromatic N) is 2. The van der Waals surface area contributed by atoms with Gasteiger partial charge < -0.3 is 4.90 Å². The highest BCUT2D eigenvalue weighted by molar-refractivity contribution is 7.17. The summed E-state index contributed by atoms with van der Waals surface area (Å²) in [5.41, 5.74) is 0.876. The Morgan fingerprint density at radius 2 is 2.25 bits per heavy atom. The van der Waals surface area contributed by atoms with E-state index in [0.29, 0.717) is 0 Å². The Bertz CT molecular complexity index is 568. The minimum Gasteiger partial charge on any atom is -0.313 e. The molecule has 0 N–H and O–H groups in total. The smallest absolute Gasteiger partial charge is 0.240 e. The van der Waals surface area contributed by atoms with Gasteiger partial charge in [0.1, 0.15) is 6.42 Å². The molecule has 2 aromatic rings. The van der Waals surface area contributed by atoms with Crippen LogP contribution in [0.1, 0.15) is 6.42 Å². The molecule has 0 saturated carbocycles. The number of anilines is 1. The lowest BCUT2D eigenvalue weighted by Gasteiger charge is -2.14. The van der Waals surface area contributed by atoms with E-state index in [1.165, 1.54) is 0 Å². The van der Waals surface area contributed by atoms with Gasteiger partial charge >= 0.3 is 0 Å². The lowest BCUT2D eigenvalue weighted by molar-refractivity contribution is -0.117. The first kappa shape index (κ1) is 10.7. The van der Waals surface area contributed by atoms with Crippen molar-refractivity contribution in [2.24, 2.45) is 0 Å². The first-order chi connectivity index (χ1) is 7.74. The molecule has 1 aromatic carbocycles. The van der Waals surface area contributed by atoms with Gasteiger partial charge in [0, 0.05) is 22.5 Å². The van der Waals surface area contributed by atoms with E-state index in [1.54, 1.807) is 23.3 Å². The number of fused-ring (bicyclic) bond motifs is 1. The third-order valence-corrected chi connectivity index (χ3v) is 3.38. The Balaban J connectivity index is 2.41. The summed E-state index contributed by atoms with van der Waals surface area (Å²) in [4.78, 5) is 13.1. The van der Waals surface area contributed by atoms with Crippen molar-refractivity contribution in [1.82, 2.24) is 0 Å². The summed E-state index contributed by atoms with van der Waals surface area (Å²) in [6.45, 7) is 0. The third kappa shape index (κ3) is 1.77. The number of benzene rings is 1. The van der Waals surface area contributed by atoms with Crippen LogP contribution in [0.3, 0.4) is 0 Å². The summed E-state index contributed by atoms with van der Waals surface area (Å²) in [7, 11) is 1.70. The molecule has 0 fully saturated rings. The zero-order valence-electron chi connectivity index (χ0n) is 8.80. The SMILES string of the molecule is CN(C(=O)CC#N)c1csc2ccccc12. The van der Waals surface area contributed by atoms with E-state index in [-0.39, 0.29) is 12.3 Å². The van der Waals surface area contributed by atoms with Crippen LogP contribution in [0.25, 0.3) is 10.1 Å². The number of hydrogen-bond acceptors (Lipinski definition) is 3. The van der Waals surface area contributed by atoms with Crippen molar-refractivity contribution in [3.05, 3.63) is 29.6 Å². The highest BCUT2D eigenvalue weighted by Gasteiger charge is 2.14. The maximum atomic E-state index is 11.6. The molecular weight excluding hydrogens is 220 g/mol. The lowest BCUT2D eigenvalue weighted by Crippen LogP contribution is -2.25. The molecule has 2 rings (SSSR count). The Morgan fingerprint density at radius 1 is 1.50 bits per heavy atom. The maximum absolute atomic E-state index is 11.6. The van der Waals surface area contributed by atoms with Gasteiger partial charge in [0.05, 0.1) is 11.8 Å². The first-order valence-electron chi connectivity index (χ1n) is 4.84. The molecule has 0 aliphatic carbocycles. The molecule has 4 heteroatoms. The average Bonchev–Trinajstić information content (AvgIpc) is 2.72. The Morgan fingerprint density at radius 3 is 3.00 bits per heavy atom. The highest BCUT2D eigenvalue weighted by atomic mass is 32.1. The molecule has 0 radical (unpaired) electrons. The number of nitriles is 1. The van der Waals surface area contributed by atoms with Gasteiger partial charge in [-0.2, -0.15) is 5.26 Å². The summed E-state index contributed by atoms with van der Waals surface area (Å²) >= 11 is 1.60. The molecule has 1 aromatic heterocycles. The Hall–Kier alpha value is -1.86. The van der Waals surface area contributed by atoms with Crippen molar-refractivity contribution in [3.63, 3.8) is 0 Å². The van der Waals surface area contributed by atoms with Gasteiger partial charge in [-0.25, -0.2) is 0 Å². The van der Waals surface area contributed by atoms with E-state index < -0.39 is 0 Å². The van der Waals surface area contributed by atoms with Crippen molar-refractivity contribution in [2.75, 3.05) is 11.9 Å². The fraction of sp³-hybridized carbons (Fsp3) is 0.167. The van der Waals surface area contributed by atoms with Crippen LogP contribution < -0.4 is 4.90 Å². The molecule has 16 heavy (non-hydrogen) atoms. The fourth-order valence-electron chi connectivity index (χ4n) is 1.54. The molecule has 0 unspecified atom stereocenters. The van der Waals surface area contributed by atoms with E-state index in [2.05, 4.69) is 0 Å². The van der Waals surface area contributed by atoms with Gasteiger partial charge in [0.25, 0.3) is 0 Å². The van der Waals surface area contributed by atoms with Crippen molar-refractivity contribution >= 4 is 33.0 Å². The van der Waals surface area contributed by atoms with Crippen LogP contribution in [0.15, 0.2) is 29.6 Å². The van der Waals surface area contributed by atoms with Crippen LogP contribution in [0.4, 0.5) is 5.69 Å². The van der Waals surface area contributed by atoms with Crippen LogP contribution in [-0.2, 0) is 4.79 Å². The van der Waals surface area contributed by atoms with Gasteiger partial charge in [-0.05, 0) is 6.07 Å². The zero-order chi connectivity index (χ0) is 11.5. The van der Waals surface area contributed by atoms with Crippen molar-refractivity contribution in [1.29, 1.82) is 5.26 Å². The summed E-state index contributed by atoms with van der Waals surface area (Å²) in [6.07, 6.45) is -0.0827. The Kier molecular flexibility index (Phi) is 2.88. The minimum absolute atomic E-state index is 0.0827. The predicted molar refractivity (Wildman–Crippen MR) is 65.5 cm³/mol. The molecule has 3 nitrogen and oxygen atoms in total. The summed E-state index contributed by atoms with van der Waals surface area (Å²) in [5, 5.41) is 11.5. The van der Waals surface area contributed by atoms with E-state index in [1.807, 2.05) is 35.7 Å². The van der Waals surface area contributed by atoms with Gasteiger partial charge in [0.15, 0.2) is 0 Å². The largest absolute Gasteiger partial charge is 0.313 e. The number of hydrogen-bond donors (Lipinski definition) is 0. The summed E-state index contributed by atoms with van der Waals surface area (Å²) < 4.78 is 1.15. The standard InChI is InChI=1S/C12H10N2OS/c1-14(12(15)6-7-13)10-8-16-11-5-3-2-4-9(10)11/h2-5,8H,6H2,1H3. The lowest BCUT2D eigenvalue weighted by atomic mass is 10.2. The minimum atomic E-state index is -0.175. The molecule has 1 amide bonds. The molecule has 0 saturated heterocycles. The number of amides is 1. The number of thiophene rings is 1. The molecule has 1 heterocycles. The molecule has 0 aliphatic rings. The molecular formula is C12H10N2OS. The fourth-order valence-corrected chi connectivity index (χ4v) is 2.52. The molecule has 0 aliphatic heterocycles. The van der Waals surface area contributed by atoms with E-state index in [9.17, 15) is 4.79 Å². The topological polar surface area (TPSA) is 44.1 Å². The maximum Gasteiger partial charge on any atom is 0.240 e. The van der Waals surface area contributed by atoms with Crippen LogP contribution >= 0.6 is 11.3 Å². The summed E-state index contributed by atoms with van der Waals surface area (Å²) in [6, 6.07) is 9.79. The van der Waals surface area contributed by atoms with Gasteiger partial charge in [0.2, 0.25) is 5.91 Å². The highest BCUT2D eigenvalue weighted by Crippen LogP contribution is 2.32. The van der Waals surface area contributed by atoms with Gasteiger partial charge in [-0.1, -0.05) is 18.2 Å². The second-order valence-electron chi connectivity index (χ2n) is 3.40. The van der Waals surface area contributed by atoms with Crippen LogP contribution in [0, 0.1) is 11.3 Å². The van der Waals surface area contributed by atoms with Crippen molar-refractivity contribution < 1.29 is 4.79 Å². The number of carbonyl (C=O) groups is 1. The molecule has 0 atom stereocenters. The summed E-state index contributed by atoms with van der Waals surface area (Å²) in [5.74, 6) is -0.175. The van der Waals surface area contributed by atoms with Gasteiger partial charge in [-0.15, -0.1) is 11.3 Å². The van der Waals surface area contributed by atoms with Crippen LogP contribution in [-0.4, -0.2) is 13.0 Å². The second kappa shape index (κ2) is 4.33. The predicted octanol–water partition coefficient (Wildman–Crippen LogP) is 2.78. The monoisotopic (exact) mass is 230 g/mol. The van der Waals surface area contributed by atoms with Crippen molar-refractivity contribution in [3.8, 4) is 6.07 Å². The second-order valence-corrected chi connectivity index (χ2v) is 4.32. The third-order valence-electron chi connectivity index (χ3n) is 2.43. The molecule has 0 spiro atoms. The normalized spacial score (nSPS) is 10.0. The quantitative estimate of drug-likeness (QED) is 0.796. The zero-order valence-corrected chi connectivity index (χ0v) is 9.62. The van der Waals surface area contributed by atoms with Crippen LogP contribution in [0.5, 0.6) is 0 Å². The van der Waals surface area contributed by atoms with E-state index >= 15 is 0 Å². The van der Waals surface area contributed by atoms with Crippen LogP contribution in [0.2, 0.25) is 0 Å². The van der Waals surface area contributed by atoms with Crippen molar-refractivity contribution in [2.45, 2.75) is 6.42 Å². The Labute approximate surface area is 97.5 Å². The average molecular weight is 230 g/mol. The van der Waals surface area contributed by atoms with E-state index in [0.717, 1.165) is 15.8 Å². The first-order valence-corrected chi connectivity index (χ1v) is 5.71. The van der Waals surface area contributed by atoms with E-state index in [4.69, 9.17) is 5.26 Å². The number of carbonyl (C=O) groups excluding carboxylic acids is 1. The van der Waals surface area contributed by atoms with Gasteiger partial charge in [-0.3, -0.25) is 4.79 Å². The molecule has 0 bridgehead atoms. The molecule has 80 valence electrons.